The summed E-state index contributed by atoms with van der Waals surface area (Å²) in [5.74, 6) is 0. The Morgan fingerprint density at radius 2 is 1.63 bits per heavy atom. The molecule has 0 amide bonds. The summed E-state index contributed by atoms with van der Waals surface area (Å²) in [4.78, 5) is 2.31. The molecule has 0 saturated heterocycles. The van der Waals surface area contributed by atoms with Crippen LogP contribution in [0.1, 0.15) is 16.7 Å². The van der Waals surface area contributed by atoms with Crippen molar-refractivity contribution < 1.29 is 0 Å². The summed E-state index contributed by atoms with van der Waals surface area (Å²) in [6.07, 6.45) is 1.01. The highest BCUT2D eigenvalue weighted by Crippen LogP contribution is 2.07. The van der Waals surface area contributed by atoms with E-state index in [0.29, 0.717) is 0 Å². The zero-order chi connectivity index (χ0) is 13.5. The number of benzene rings is 2. The lowest BCUT2D eigenvalue weighted by atomic mass is 10.1. The van der Waals surface area contributed by atoms with Crippen LogP contribution >= 0.6 is 0 Å². The molecule has 0 fully saturated rings. The summed E-state index contributed by atoms with van der Waals surface area (Å²) in [5.41, 5.74) is 3.34. The van der Waals surface area contributed by atoms with Crippen LogP contribution in [0.5, 0.6) is 0 Å². The van der Waals surface area contributed by atoms with Gasteiger partial charge in [0.15, 0.2) is 0 Å². The highest BCUT2D eigenvalue weighted by atomic mass is 15.1. The van der Waals surface area contributed by atoms with Crippen LogP contribution in [0.4, 0.5) is 0 Å². The van der Waals surface area contributed by atoms with Gasteiger partial charge in [0.05, 0.1) is 11.6 Å². The molecule has 2 rings (SSSR count). The zero-order valence-electron chi connectivity index (χ0n) is 11.2. The first-order chi connectivity index (χ1) is 9.28. The largest absolute Gasteiger partial charge is 0.302 e. The maximum absolute atomic E-state index is 8.75. The van der Waals surface area contributed by atoms with Crippen molar-refractivity contribution in [2.75, 3.05) is 13.6 Å². The van der Waals surface area contributed by atoms with Crippen LogP contribution in [0.3, 0.4) is 0 Å². The van der Waals surface area contributed by atoms with Crippen molar-refractivity contribution in [3.63, 3.8) is 0 Å². The van der Waals surface area contributed by atoms with E-state index in [4.69, 9.17) is 5.26 Å². The van der Waals surface area contributed by atoms with Crippen molar-refractivity contribution >= 4 is 0 Å². The lowest BCUT2D eigenvalue weighted by Gasteiger charge is -2.16. The van der Waals surface area contributed by atoms with Crippen LogP contribution in [0.15, 0.2) is 54.6 Å². The molecular formula is C17H18N2. The van der Waals surface area contributed by atoms with E-state index in [0.717, 1.165) is 25.1 Å². The topological polar surface area (TPSA) is 27.0 Å². The summed E-state index contributed by atoms with van der Waals surface area (Å²) in [5, 5.41) is 8.75. The fourth-order valence-electron chi connectivity index (χ4n) is 2.04. The molecule has 0 N–H and O–H groups in total. The van der Waals surface area contributed by atoms with Crippen molar-refractivity contribution in [3.05, 3.63) is 71.3 Å². The molecule has 2 aromatic rings. The van der Waals surface area contributed by atoms with E-state index in [-0.39, 0.29) is 0 Å². The Balaban J connectivity index is 1.83. The van der Waals surface area contributed by atoms with Crippen LogP contribution in [0.25, 0.3) is 0 Å². The van der Waals surface area contributed by atoms with Gasteiger partial charge in [0, 0.05) is 13.1 Å². The lowest BCUT2D eigenvalue weighted by molar-refractivity contribution is 0.331. The van der Waals surface area contributed by atoms with Gasteiger partial charge in [-0.25, -0.2) is 0 Å². The van der Waals surface area contributed by atoms with Gasteiger partial charge in [0.25, 0.3) is 0 Å². The minimum atomic E-state index is 0.724. The van der Waals surface area contributed by atoms with Gasteiger partial charge in [-0.3, -0.25) is 0 Å². The molecule has 96 valence electrons. The molecule has 0 saturated carbocycles. The molecule has 0 aliphatic heterocycles. The van der Waals surface area contributed by atoms with Crippen LogP contribution < -0.4 is 0 Å². The fourth-order valence-corrected chi connectivity index (χ4v) is 2.04. The van der Waals surface area contributed by atoms with Crippen LogP contribution in [-0.4, -0.2) is 18.5 Å². The third kappa shape index (κ3) is 4.24. The van der Waals surface area contributed by atoms with Crippen LogP contribution in [-0.2, 0) is 13.0 Å². The molecule has 0 heterocycles. The average Bonchev–Trinajstić information content (AvgIpc) is 2.47. The first kappa shape index (κ1) is 13.3. The lowest BCUT2D eigenvalue weighted by Crippen LogP contribution is -2.20. The third-order valence-electron chi connectivity index (χ3n) is 3.16. The Labute approximate surface area is 114 Å². The number of hydrogen-bond donors (Lipinski definition) is 0. The smallest absolute Gasteiger partial charge is 0.0991 e. The molecule has 0 unspecified atom stereocenters. The predicted octanol–water partition coefficient (Wildman–Crippen LogP) is 3.23. The van der Waals surface area contributed by atoms with E-state index in [1.165, 1.54) is 11.1 Å². The molecule has 2 nitrogen and oxygen atoms in total. The second-order valence-electron chi connectivity index (χ2n) is 4.78. The first-order valence-corrected chi connectivity index (χ1v) is 6.49. The summed E-state index contributed by atoms with van der Waals surface area (Å²) < 4.78 is 0. The molecule has 19 heavy (non-hydrogen) atoms. The molecule has 0 bridgehead atoms. The maximum Gasteiger partial charge on any atom is 0.0991 e. The van der Waals surface area contributed by atoms with Crippen molar-refractivity contribution in [2.45, 2.75) is 13.0 Å². The molecular weight excluding hydrogens is 232 g/mol. The van der Waals surface area contributed by atoms with Crippen molar-refractivity contribution in [1.29, 1.82) is 5.26 Å². The summed E-state index contributed by atoms with van der Waals surface area (Å²) in [7, 11) is 2.14. The molecule has 0 aromatic heterocycles. The van der Waals surface area contributed by atoms with Gasteiger partial charge in [0.2, 0.25) is 0 Å². The minimum absolute atomic E-state index is 0.724. The second-order valence-corrected chi connectivity index (χ2v) is 4.78. The van der Waals surface area contributed by atoms with Gasteiger partial charge >= 0.3 is 0 Å². The van der Waals surface area contributed by atoms with Gasteiger partial charge in [-0.1, -0.05) is 42.5 Å². The molecule has 0 atom stereocenters. The van der Waals surface area contributed by atoms with Gasteiger partial charge in [-0.05, 0) is 36.7 Å². The highest BCUT2D eigenvalue weighted by molar-refractivity contribution is 5.31. The van der Waals surface area contributed by atoms with Crippen molar-refractivity contribution in [2.24, 2.45) is 0 Å². The van der Waals surface area contributed by atoms with Crippen molar-refractivity contribution in [1.82, 2.24) is 4.90 Å². The number of likely N-dealkylation sites (N-methyl/N-ethyl adjacent to an activating group) is 1. The normalized spacial score (nSPS) is 10.4. The first-order valence-electron chi connectivity index (χ1n) is 6.49. The zero-order valence-corrected chi connectivity index (χ0v) is 11.2. The highest BCUT2D eigenvalue weighted by Gasteiger charge is 2.01. The Kier molecular flexibility index (Phi) is 4.72. The van der Waals surface area contributed by atoms with Gasteiger partial charge in [-0.2, -0.15) is 5.26 Å². The third-order valence-corrected chi connectivity index (χ3v) is 3.16. The fraction of sp³-hybridized carbons (Fsp3) is 0.235. The summed E-state index contributed by atoms with van der Waals surface area (Å²) >= 11 is 0. The van der Waals surface area contributed by atoms with E-state index >= 15 is 0 Å². The van der Waals surface area contributed by atoms with E-state index in [1.807, 2.05) is 30.3 Å². The Hall–Kier alpha value is -2.11. The summed E-state index contributed by atoms with van der Waals surface area (Å²) in [6, 6.07) is 20.5. The molecule has 2 aromatic carbocycles. The maximum atomic E-state index is 8.75. The molecule has 0 aliphatic rings. The number of nitrogens with zero attached hydrogens (tertiary/aromatic N) is 2. The van der Waals surface area contributed by atoms with Crippen LogP contribution in [0.2, 0.25) is 0 Å². The van der Waals surface area contributed by atoms with E-state index < -0.39 is 0 Å². The Morgan fingerprint density at radius 3 is 2.26 bits per heavy atom. The van der Waals surface area contributed by atoms with Gasteiger partial charge < -0.3 is 4.90 Å². The molecule has 2 heteroatoms. The summed E-state index contributed by atoms with van der Waals surface area (Å²) in [6.45, 7) is 1.98. The van der Waals surface area contributed by atoms with E-state index in [1.54, 1.807) is 0 Å². The SMILES string of the molecule is CN(CCc1ccc(C#N)cc1)Cc1ccccc1. The van der Waals surface area contributed by atoms with E-state index in [2.05, 4.69) is 42.3 Å². The molecule has 0 aliphatic carbocycles. The van der Waals surface area contributed by atoms with Crippen molar-refractivity contribution in [3.8, 4) is 6.07 Å². The quantitative estimate of drug-likeness (QED) is 0.814. The molecule has 0 radical (unpaired) electrons. The van der Waals surface area contributed by atoms with Gasteiger partial charge in [-0.15, -0.1) is 0 Å². The standard InChI is InChI=1S/C17H18N2/c1-19(14-17-5-3-2-4-6-17)12-11-15-7-9-16(13-18)10-8-15/h2-10H,11-12,14H2,1H3. The Bertz CT molecular complexity index is 538. The second kappa shape index (κ2) is 6.72. The minimum Gasteiger partial charge on any atom is -0.302 e. The Morgan fingerprint density at radius 1 is 0.947 bits per heavy atom. The van der Waals surface area contributed by atoms with Crippen LogP contribution in [0, 0.1) is 11.3 Å². The van der Waals surface area contributed by atoms with Gasteiger partial charge in [0.1, 0.15) is 0 Å². The molecule has 0 spiro atoms. The monoisotopic (exact) mass is 250 g/mol. The predicted molar refractivity (Wildman–Crippen MR) is 77.6 cm³/mol. The van der Waals surface area contributed by atoms with E-state index in [9.17, 15) is 0 Å². The number of rotatable bonds is 5. The average molecular weight is 250 g/mol. The number of nitriles is 1. The number of hydrogen-bond acceptors (Lipinski definition) is 2.